The molecule has 0 saturated carbocycles. The zero-order chi connectivity index (χ0) is 20.6. The van der Waals surface area contributed by atoms with Crippen molar-refractivity contribution in [3.05, 3.63) is 53.6 Å². The van der Waals surface area contributed by atoms with Gasteiger partial charge in [-0.25, -0.2) is 0 Å². The number of ether oxygens (including phenoxy) is 3. The summed E-state index contributed by atoms with van der Waals surface area (Å²) < 4.78 is 16.6. The Morgan fingerprint density at radius 1 is 0.897 bits per heavy atom. The highest BCUT2D eigenvalue weighted by molar-refractivity contribution is 5.55. The van der Waals surface area contributed by atoms with Gasteiger partial charge in [-0.15, -0.1) is 0 Å². The smallest absolute Gasteiger partial charge is 0.203 e. The summed E-state index contributed by atoms with van der Waals surface area (Å²) in [4.78, 5) is 4.90. The summed E-state index contributed by atoms with van der Waals surface area (Å²) >= 11 is 0. The molecule has 0 spiro atoms. The third-order valence-corrected chi connectivity index (χ3v) is 5.56. The number of benzene rings is 2. The fourth-order valence-corrected chi connectivity index (χ4v) is 4.08. The second-order valence-electron chi connectivity index (χ2n) is 7.35. The van der Waals surface area contributed by atoms with Crippen LogP contribution >= 0.6 is 0 Å². The van der Waals surface area contributed by atoms with Crippen molar-refractivity contribution in [3.8, 4) is 17.2 Å². The Kier molecular flexibility index (Phi) is 7.75. The molecule has 0 bridgehead atoms. The lowest BCUT2D eigenvalue weighted by atomic mass is 10.1. The van der Waals surface area contributed by atoms with Gasteiger partial charge in [-0.1, -0.05) is 36.4 Å². The van der Waals surface area contributed by atoms with Crippen LogP contribution < -0.4 is 14.2 Å². The van der Waals surface area contributed by atoms with E-state index in [1.54, 1.807) is 21.3 Å². The summed E-state index contributed by atoms with van der Waals surface area (Å²) in [6, 6.07) is 14.8. The largest absolute Gasteiger partial charge is 0.493 e. The molecule has 6 nitrogen and oxygen atoms in total. The van der Waals surface area contributed by atoms with Gasteiger partial charge in [0.05, 0.1) is 21.3 Å². The topological polar surface area (TPSA) is 54.4 Å². The lowest BCUT2D eigenvalue weighted by Gasteiger charge is -2.41. The van der Waals surface area contributed by atoms with Gasteiger partial charge in [0.25, 0.3) is 0 Å². The highest BCUT2D eigenvalue weighted by Crippen LogP contribution is 2.40. The lowest BCUT2D eigenvalue weighted by molar-refractivity contribution is 0.0496. The standard InChI is InChI=1S/C23H32N2O4/c1-27-21-10-9-19(22(28-2)23(21)29-3)16-24-12-13-25(20(17-24)11-14-26)15-18-7-5-4-6-8-18/h4-10,20,26H,11-17H2,1-3H3/t20-/m0/s1. The average molecular weight is 401 g/mol. The second-order valence-corrected chi connectivity index (χ2v) is 7.35. The molecule has 0 amide bonds. The van der Waals surface area contributed by atoms with Crippen molar-refractivity contribution in [1.82, 2.24) is 9.80 Å². The van der Waals surface area contributed by atoms with Crippen molar-refractivity contribution in [2.45, 2.75) is 25.6 Å². The molecule has 1 saturated heterocycles. The van der Waals surface area contributed by atoms with E-state index in [0.717, 1.165) is 50.5 Å². The highest BCUT2D eigenvalue weighted by atomic mass is 16.5. The van der Waals surface area contributed by atoms with Crippen LogP contribution in [0.2, 0.25) is 0 Å². The van der Waals surface area contributed by atoms with Crippen LogP contribution in [0.5, 0.6) is 17.2 Å². The maximum atomic E-state index is 9.59. The van der Waals surface area contributed by atoms with Crippen LogP contribution in [-0.4, -0.2) is 68.5 Å². The van der Waals surface area contributed by atoms with Crippen LogP contribution in [0.1, 0.15) is 17.5 Å². The van der Waals surface area contributed by atoms with Crippen molar-refractivity contribution in [1.29, 1.82) is 0 Å². The minimum Gasteiger partial charge on any atom is -0.493 e. The van der Waals surface area contributed by atoms with Gasteiger partial charge in [-0.05, 0) is 18.1 Å². The molecule has 1 heterocycles. The molecule has 6 heteroatoms. The molecule has 1 atom stereocenters. The fraction of sp³-hybridized carbons (Fsp3) is 0.478. The van der Waals surface area contributed by atoms with E-state index in [0.29, 0.717) is 17.5 Å². The van der Waals surface area contributed by atoms with Crippen LogP contribution in [0, 0.1) is 0 Å². The Labute approximate surface area is 173 Å². The SMILES string of the molecule is COc1ccc(CN2CCN(Cc3ccccc3)[C@@H](CCO)C2)c(OC)c1OC. The molecule has 1 aliphatic rings. The molecule has 29 heavy (non-hydrogen) atoms. The number of aliphatic hydroxyl groups excluding tert-OH is 1. The summed E-state index contributed by atoms with van der Waals surface area (Å²) in [7, 11) is 4.92. The van der Waals surface area contributed by atoms with Crippen molar-refractivity contribution >= 4 is 0 Å². The summed E-state index contributed by atoms with van der Waals surface area (Å²) in [6.45, 7) is 4.72. The molecule has 158 valence electrons. The normalized spacial score (nSPS) is 17.9. The number of hydrogen-bond acceptors (Lipinski definition) is 6. The number of piperazine rings is 1. The highest BCUT2D eigenvalue weighted by Gasteiger charge is 2.28. The molecule has 2 aromatic carbocycles. The molecule has 0 aromatic heterocycles. The van der Waals surface area contributed by atoms with Crippen molar-refractivity contribution in [2.75, 3.05) is 47.6 Å². The molecular weight excluding hydrogens is 368 g/mol. The van der Waals surface area contributed by atoms with E-state index in [1.807, 2.05) is 18.2 Å². The van der Waals surface area contributed by atoms with E-state index >= 15 is 0 Å². The average Bonchev–Trinajstić information content (AvgIpc) is 2.76. The quantitative estimate of drug-likeness (QED) is 0.699. The first-order valence-corrected chi connectivity index (χ1v) is 10.1. The Bertz CT molecular complexity index is 769. The fourth-order valence-electron chi connectivity index (χ4n) is 4.08. The molecule has 1 N–H and O–H groups in total. The molecule has 0 aliphatic carbocycles. The van der Waals surface area contributed by atoms with Crippen LogP contribution in [0.4, 0.5) is 0 Å². The van der Waals surface area contributed by atoms with Gasteiger partial charge in [0.2, 0.25) is 5.75 Å². The number of rotatable bonds is 9. The maximum absolute atomic E-state index is 9.59. The second kappa shape index (κ2) is 10.5. The summed E-state index contributed by atoms with van der Waals surface area (Å²) in [6.07, 6.45) is 0.770. The number of methoxy groups -OCH3 is 3. The zero-order valence-electron chi connectivity index (χ0n) is 17.6. The maximum Gasteiger partial charge on any atom is 0.203 e. The van der Waals surface area contributed by atoms with Gasteiger partial charge in [-0.2, -0.15) is 0 Å². The monoisotopic (exact) mass is 400 g/mol. The Morgan fingerprint density at radius 2 is 1.66 bits per heavy atom. The minimum atomic E-state index is 0.198. The summed E-state index contributed by atoms with van der Waals surface area (Å²) in [5.74, 6) is 2.01. The van der Waals surface area contributed by atoms with Gasteiger partial charge in [0.15, 0.2) is 11.5 Å². The molecule has 0 radical (unpaired) electrons. The first kappa shape index (κ1) is 21.4. The number of nitrogens with zero attached hydrogens (tertiary/aromatic N) is 2. The zero-order valence-corrected chi connectivity index (χ0v) is 17.6. The minimum absolute atomic E-state index is 0.198. The Morgan fingerprint density at radius 3 is 2.31 bits per heavy atom. The van der Waals surface area contributed by atoms with Crippen molar-refractivity contribution < 1.29 is 19.3 Å². The van der Waals surface area contributed by atoms with Gasteiger partial charge >= 0.3 is 0 Å². The number of aliphatic hydroxyl groups is 1. The first-order valence-electron chi connectivity index (χ1n) is 10.1. The lowest BCUT2D eigenvalue weighted by Crippen LogP contribution is -2.52. The molecule has 0 unspecified atom stereocenters. The summed E-state index contributed by atoms with van der Waals surface area (Å²) in [5.41, 5.74) is 2.38. The predicted molar refractivity (Wildman–Crippen MR) is 114 cm³/mol. The molecule has 1 fully saturated rings. The van der Waals surface area contributed by atoms with Gasteiger partial charge in [0, 0.05) is 50.9 Å². The van der Waals surface area contributed by atoms with Crippen LogP contribution in [0.25, 0.3) is 0 Å². The Hall–Kier alpha value is -2.28. The van der Waals surface area contributed by atoms with Gasteiger partial charge in [-0.3, -0.25) is 9.80 Å². The first-order chi connectivity index (χ1) is 14.2. The molecule has 3 rings (SSSR count). The van der Waals surface area contributed by atoms with E-state index in [4.69, 9.17) is 14.2 Å². The van der Waals surface area contributed by atoms with E-state index in [1.165, 1.54) is 5.56 Å². The predicted octanol–water partition coefficient (Wildman–Crippen LogP) is 2.78. The van der Waals surface area contributed by atoms with Crippen molar-refractivity contribution in [2.24, 2.45) is 0 Å². The van der Waals surface area contributed by atoms with Gasteiger partial charge in [0.1, 0.15) is 0 Å². The summed E-state index contributed by atoms with van der Waals surface area (Å²) in [5, 5.41) is 9.59. The van der Waals surface area contributed by atoms with E-state index in [-0.39, 0.29) is 6.61 Å². The molecular formula is C23H32N2O4. The molecule has 1 aliphatic heterocycles. The third-order valence-electron chi connectivity index (χ3n) is 5.56. The van der Waals surface area contributed by atoms with Crippen molar-refractivity contribution in [3.63, 3.8) is 0 Å². The van der Waals surface area contributed by atoms with E-state index in [2.05, 4.69) is 34.1 Å². The van der Waals surface area contributed by atoms with E-state index < -0.39 is 0 Å². The van der Waals surface area contributed by atoms with Crippen LogP contribution in [-0.2, 0) is 13.1 Å². The van der Waals surface area contributed by atoms with Crippen LogP contribution in [0.15, 0.2) is 42.5 Å². The van der Waals surface area contributed by atoms with Crippen LogP contribution in [0.3, 0.4) is 0 Å². The number of hydrogen-bond donors (Lipinski definition) is 1. The van der Waals surface area contributed by atoms with Gasteiger partial charge < -0.3 is 19.3 Å². The third kappa shape index (κ3) is 5.21. The Balaban J connectivity index is 1.72. The molecule has 2 aromatic rings. The van der Waals surface area contributed by atoms with E-state index in [9.17, 15) is 5.11 Å².